The van der Waals surface area contributed by atoms with Crippen LogP contribution in [0.1, 0.15) is 13.8 Å². The number of rotatable bonds is 4. The summed E-state index contributed by atoms with van der Waals surface area (Å²) in [6, 6.07) is 1.81. The Balaban J connectivity index is 2.80. The summed E-state index contributed by atoms with van der Waals surface area (Å²) in [6.07, 6.45) is 1.61. The van der Waals surface area contributed by atoms with Crippen molar-refractivity contribution in [3.8, 4) is 0 Å². The van der Waals surface area contributed by atoms with Crippen LogP contribution in [-0.4, -0.2) is 24.2 Å². The molecule has 0 atom stereocenters. The largest absolute Gasteiger partial charge is 0.382 e. The fourth-order valence-corrected chi connectivity index (χ4v) is 1.96. The van der Waals surface area contributed by atoms with E-state index in [0.717, 1.165) is 10.3 Å². The summed E-state index contributed by atoms with van der Waals surface area (Å²) in [7, 11) is 1.67. The lowest BCUT2D eigenvalue weighted by Gasteiger charge is -2.26. The molecule has 0 bridgehead atoms. The highest BCUT2D eigenvalue weighted by molar-refractivity contribution is 9.10. The number of hydrogen-bond donors (Lipinski definition) is 1. The lowest BCUT2D eigenvalue weighted by molar-refractivity contribution is 0.158. The van der Waals surface area contributed by atoms with Crippen molar-refractivity contribution in [1.29, 1.82) is 0 Å². The number of nitrogens with one attached hydrogen (secondary N) is 1. The van der Waals surface area contributed by atoms with Gasteiger partial charge in [-0.2, -0.15) is 0 Å². The van der Waals surface area contributed by atoms with Crippen LogP contribution in [0.5, 0.6) is 0 Å². The third kappa shape index (κ3) is 3.97. The molecule has 1 aromatic heterocycles. The Labute approximate surface area is 103 Å². The quantitative estimate of drug-likeness (QED) is 0.924. The van der Waals surface area contributed by atoms with E-state index >= 15 is 0 Å². The second-order valence-corrected chi connectivity index (χ2v) is 5.22. The van der Waals surface area contributed by atoms with Gasteiger partial charge in [-0.05, 0) is 35.8 Å². The zero-order valence-electron chi connectivity index (χ0n) is 8.97. The van der Waals surface area contributed by atoms with Crippen LogP contribution in [0.15, 0.2) is 16.7 Å². The van der Waals surface area contributed by atoms with Crippen LogP contribution in [0, 0.1) is 0 Å². The van der Waals surface area contributed by atoms with Crippen molar-refractivity contribution in [3.63, 3.8) is 0 Å². The molecule has 0 aliphatic rings. The Morgan fingerprint density at radius 2 is 2.27 bits per heavy atom. The van der Waals surface area contributed by atoms with Gasteiger partial charge in [0.25, 0.3) is 0 Å². The molecule has 1 rings (SSSR count). The highest BCUT2D eigenvalue weighted by atomic mass is 79.9. The maximum absolute atomic E-state index is 5.80. The third-order valence-electron chi connectivity index (χ3n) is 1.77. The molecule has 1 aromatic rings. The van der Waals surface area contributed by atoms with Crippen LogP contribution >= 0.6 is 27.5 Å². The number of pyridine rings is 1. The summed E-state index contributed by atoms with van der Waals surface area (Å²) < 4.78 is 5.96. The van der Waals surface area contributed by atoms with Gasteiger partial charge >= 0.3 is 0 Å². The maximum Gasteiger partial charge on any atom is 0.140 e. The van der Waals surface area contributed by atoms with Crippen LogP contribution in [0.2, 0.25) is 5.02 Å². The minimum absolute atomic E-state index is 0.169. The predicted molar refractivity (Wildman–Crippen MR) is 66.5 cm³/mol. The fourth-order valence-electron chi connectivity index (χ4n) is 1.22. The number of nitrogens with zero attached hydrogens (tertiary/aromatic N) is 1. The van der Waals surface area contributed by atoms with Crippen molar-refractivity contribution in [2.24, 2.45) is 0 Å². The van der Waals surface area contributed by atoms with Crippen molar-refractivity contribution in [2.45, 2.75) is 19.4 Å². The average Bonchev–Trinajstić information content (AvgIpc) is 2.09. The average molecular weight is 294 g/mol. The summed E-state index contributed by atoms with van der Waals surface area (Å²) >= 11 is 9.20. The lowest BCUT2D eigenvalue weighted by atomic mass is 10.1. The van der Waals surface area contributed by atoms with Gasteiger partial charge in [-0.1, -0.05) is 11.6 Å². The monoisotopic (exact) mass is 292 g/mol. The summed E-state index contributed by atoms with van der Waals surface area (Å²) in [4.78, 5) is 4.20. The van der Waals surface area contributed by atoms with Crippen LogP contribution in [0.4, 0.5) is 5.82 Å². The number of methoxy groups -OCH3 is 1. The molecular formula is C10H14BrClN2O. The Hall–Kier alpha value is -0.320. The second-order valence-electron chi connectivity index (χ2n) is 3.93. The Morgan fingerprint density at radius 1 is 1.60 bits per heavy atom. The number of aromatic nitrogens is 1. The van der Waals surface area contributed by atoms with E-state index in [1.807, 2.05) is 13.8 Å². The van der Waals surface area contributed by atoms with Gasteiger partial charge < -0.3 is 10.1 Å². The van der Waals surface area contributed by atoms with E-state index in [4.69, 9.17) is 16.3 Å². The van der Waals surface area contributed by atoms with Gasteiger partial charge in [-0.15, -0.1) is 0 Å². The van der Waals surface area contributed by atoms with Crippen molar-refractivity contribution in [3.05, 3.63) is 21.8 Å². The Kier molecular flexibility index (Phi) is 4.37. The molecule has 0 aliphatic heterocycles. The molecule has 0 unspecified atom stereocenters. The molecule has 1 N–H and O–H groups in total. The summed E-state index contributed by atoms with van der Waals surface area (Å²) in [5.41, 5.74) is -0.169. The van der Waals surface area contributed by atoms with E-state index < -0.39 is 0 Å². The summed E-state index contributed by atoms with van der Waals surface area (Å²) in [5, 5.41) is 3.88. The van der Waals surface area contributed by atoms with Crippen molar-refractivity contribution < 1.29 is 4.74 Å². The molecule has 1 heterocycles. The van der Waals surface area contributed by atoms with Crippen LogP contribution in [-0.2, 0) is 4.74 Å². The number of halogens is 2. The molecule has 0 saturated heterocycles. The van der Waals surface area contributed by atoms with E-state index in [1.165, 1.54) is 0 Å². The fraction of sp³-hybridized carbons (Fsp3) is 0.500. The number of hydrogen-bond acceptors (Lipinski definition) is 3. The van der Waals surface area contributed by atoms with E-state index in [1.54, 1.807) is 19.4 Å². The van der Waals surface area contributed by atoms with Crippen LogP contribution in [0.25, 0.3) is 0 Å². The van der Waals surface area contributed by atoms with Gasteiger partial charge in [0.1, 0.15) is 5.82 Å². The summed E-state index contributed by atoms with van der Waals surface area (Å²) in [6.45, 7) is 4.68. The topological polar surface area (TPSA) is 34.1 Å². The molecule has 0 fully saturated rings. The van der Waals surface area contributed by atoms with Crippen molar-refractivity contribution in [2.75, 3.05) is 19.0 Å². The molecule has 5 heteroatoms. The standard InChI is InChI=1S/C10H14BrClN2O/c1-10(2,6-15-3)14-9-8(11)4-7(12)5-13-9/h4-5H,6H2,1-3H3,(H,13,14). The first kappa shape index (κ1) is 12.7. The van der Waals surface area contributed by atoms with Crippen molar-refractivity contribution >= 4 is 33.3 Å². The minimum Gasteiger partial charge on any atom is -0.382 e. The Morgan fingerprint density at radius 3 is 2.80 bits per heavy atom. The maximum atomic E-state index is 5.80. The third-order valence-corrected chi connectivity index (χ3v) is 2.58. The number of anilines is 1. The van der Waals surface area contributed by atoms with Gasteiger partial charge in [0.2, 0.25) is 0 Å². The van der Waals surface area contributed by atoms with Crippen LogP contribution in [0.3, 0.4) is 0 Å². The highest BCUT2D eigenvalue weighted by Gasteiger charge is 2.18. The predicted octanol–water partition coefficient (Wildman–Crippen LogP) is 3.33. The van der Waals surface area contributed by atoms with Gasteiger partial charge in [-0.3, -0.25) is 0 Å². The molecule has 84 valence electrons. The van der Waals surface area contributed by atoms with Gasteiger partial charge in [-0.25, -0.2) is 4.98 Å². The molecule has 15 heavy (non-hydrogen) atoms. The zero-order chi connectivity index (χ0) is 11.5. The Bertz CT molecular complexity index is 344. The molecule has 0 amide bonds. The lowest BCUT2D eigenvalue weighted by Crippen LogP contribution is -2.36. The van der Waals surface area contributed by atoms with E-state index in [-0.39, 0.29) is 5.54 Å². The first-order valence-electron chi connectivity index (χ1n) is 4.53. The highest BCUT2D eigenvalue weighted by Crippen LogP contribution is 2.25. The SMILES string of the molecule is COCC(C)(C)Nc1ncc(Cl)cc1Br. The minimum atomic E-state index is -0.169. The molecular weight excluding hydrogens is 279 g/mol. The first-order valence-corrected chi connectivity index (χ1v) is 5.70. The van der Waals surface area contributed by atoms with Gasteiger partial charge in [0.15, 0.2) is 0 Å². The molecule has 0 radical (unpaired) electrons. The van der Waals surface area contributed by atoms with E-state index in [2.05, 4.69) is 26.2 Å². The van der Waals surface area contributed by atoms with Crippen LogP contribution < -0.4 is 5.32 Å². The zero-order valence-corrected chi connectivity index (χ0v) is 11.3. The van der Waals surface area contributed by atoms with Gasteiger partial charge in [0, 0.05) is 13.3 Å². The number of ether oxygens (including phenoxy) is 1. The summed E-state index contributed by atoms with van der Waals surface area (Å²) in [5.74, 6) is 0.765. The first-order chi connectivity index (χ1) is 6.94. The second kappa shape index (κ2) is 5.14. The van der Waals surface area contributed by atoms with Crippen molar-refractivity contribution in [1.82, 2.24) is 4.98 Å². The van der Waals surface area contributed by atoms with E-state index in [0.29, 0.717) is 11.6 Å². The molecule has 0 spiro atoms. The normalized spacial score (nSPS) is 11.5. The molecule has 3 nitrogen and oxygen atoms in total. The molecule has 0 aromatic carbocycles. The molecule has 0 saturated carbocycles. The smallest absolute Gasteiger partial charge is 0.140 e. The molecule has 0 aliphatic carbocycles. The van der Waals surface area contributed by atoms with Gasteiger partial charge in [0.05, 0.1) is 21.6 Å². The van der Waals surface area contributed by atoms with E-state index in [9.17, 15) is 0 Å².